The van der Waals surface area contributed by atoms with Gasteiger partial charge in [0.05, 0.1) is 0 Å². The average molecular weight is 392 g/mol. The number of halogens is 5. The van der Waals surface area contributed by atoms with Gasteiger partial charge in [-0.05, 0) is 18.6 Å². The van der Waals surface area contributed by atoms with E-state index in [1.165, 1.54) is 18.2 Å². The molecule has 0 radical (unpaired) electrons. The van der Waals surface area contributed by atoms with Gasteiger partial charge in [-0.1, -0.05) is 37.9 Å². The molecule has 0 spiro atoms. The van der Waals surface area contributed by atoms with Crippen molar-refractivity contribution < 1.29 is 22.6 Å². The van der Waals surface area contributed by atoms with Gasteiger partial charge < -0.3 is 9.47 Å². The smallest absolute Gasteiger partial charge is 0.489 e. The third-order valence-electron chi connectivity index (χ3n) is 1.95. The molecule has 0 aliphatic rings. The van der Waals surface area contributed by atoms with Gasteiger partial charge in [-0.15, -0.1) is 13.2 Å². The summed E-state index contributed by atoms with van der Waals surface area (Å²) in [5.74, 6) is 0.0642. The van der Waals surface area contributed by atoms with Gasteiger partial charge in [0, 0.05) is 16.7 Å². The maximum absolute atomic E-state index is 12.0. The molecule has 18 heavy (non-hydrogen) atoms. The van der Waals surface area contributed by atoms with Crippen LogP contribution in [-0.4, -0.2) is 23.1 Å². The Hall–Kier alpha value is -0.430. The first kappa shape index (κ1) is 15.6. The second-order valence-electron chi connectivity index (χ2n) is 3.39. The summed E-state index contributed by atoms with van der Waals surface area (Å²) in [5, 5.41) is 1.35. The number of benzene rings is 1. The molecule has 2 nitrogen and oxygen atoms in total. The third-order valence-corrected chi connectivity index (χ3v) is 3.13. The van der Waals surface area contributed by atoms with E-state index in [0.29, 0.717) is 11.1 Å². The molecular weight excluding hydrogens is 381 g/mol. The van der Waals surface area contributed by atoms with E-state index in [0.717, 1.165) is 11.8 Å². The fourth-order valence-corrected chi connectivity index (χ4v) is 2.19. The zero-order chi connectivity index (χ0) is 13.6. The Morgan fingerprint density at radius 3 is 2.39 bits per heavy atom. The first-order valence-electron chi connectivity index (χ1n) is 5.09. The van der Waals surface area contributed by atoms with Gasteiger partial charge in [0.2, 0.25) is 0 Å². The second-order valence-corrected chi connectivity index (χ2v) is 4.83. The van der Waals surface area contributed by atoms with Crippen LogP contribution < -0.4 is 9.47 Å². The Bertz CT molecular complexity index is 372. The predicted molar refractivity (Wildman–Crippen MR) is 69.7 cm³/mol. The first-order valence-corrected chi connectivity index (χ1v) is 7.33. The van der Waals surface area contributed by atoms with Crippen molar-refractivity contribution in [3.8, 4) is 11.5 Å². The van der Waals surface area contributed by atoms with Gasteiger partial charge in [-0.3, -0.25) is 0 Å². The molecule has 0 saturated heterocycles. The van der Waals surface area contributed by atoms with Crippen molar-refractivity contribution in [2.45, 2.75) is 18.9 Å². The van der Waals surface area contributed by atoms with Gasteiger partial charge in [0.25, 0.3) is 0 Å². The van der Waals surface area contributed by atoms with Crippen molar-refractivity contribution in [3.63, 3.8) is 0 Å². The van der Waals surface area contributed by atoms with Gasteiger partial charge in [-0.25, -0.2) is 0 Å². The van der Waals surface area contributed by atoms with Crippen molar-refractivity contribution in [2.24, 2.45) is 0 Å². The van der Waals surface area contributed by atoms with E-state index in [4.69, 9.17) is 4.74 Å². The molecule has 0 aliphatic carbocycles. The van der Waals surface area contributed by atoms with E-state index in [1.54, 1.807) is 6.07 Å². The fraction of sp³-hybridized carbons (Fsp3) is 0.455. The molecule has 0 heterocycles. The maximum Gasteiger partial charge on any atom is 0.573 e. The molecule has 7 heteroatoms. The Morgan fingerprint density at radius 2 is 1.83 bits per heavy atom. The molecule has 1 rings (SSSR count). The number of ether oxygens (including phenoxy) is 2. The Balaban J connectivity index is 2.69. The monoisotopic (exact) mass is 390 g/mol. The van der Waals surface area contributed by atoms with Crippen LogP contribution in [-0.2, 0) is 0 Å². The summed E-state index contributed by atoms with van der Waals surface area (Å²) >= 11 is 6.57. The van der Waals surface area contributed by atoms with Crippen LogP contribution in [0, 0.1) is 0 Å². The molecule has 0 fully saturated rings. The quantitative estimate of drug-likeness (QED) is 0.664. The van der Waals surface area contributed by atoms with E-state index in [9.17, 15) is 13.2 Å². The van der Waals surface area contributed by atoms with Crippen LogP contribution in [0.25, 0.3) is 0 Å². The van der Waals surface area contributed by atoms with Crippen LogP contribution in [0.15, 0.2) is 24.3 Å². The largest absolute Gasteiger partial charge is 0.573 e. The number of hydrogen-bond donors (Lipinski definition) is 0. The molecule has 0 aliphatic heterocycles. The Labute approximate surface area is 120 Å². The highest BCUT2D eigenvalue weighted by Crippen LogP contribution is 2.27. The number of alkyl halides is 5. The van der Waals surface area contributed by atoms with Crippen molar-refractivity contribution in [1.82, 2.24) is 0 Å². The molecule has 1 aromatic carbocycles. The van der Waals surface area contributed by atoms with Crippen molar-refractivity contribution in [1.29, 1.82) is 0 Å². The van der Waals surface area contributed by atoms with Crippen LogP contribution in [0.4, 0.5) is 13.2 Å². The van der Waals surface area contributed by atoms with E-state index < -0.39 is 6.36 Å². The van der Waals surface area contributed by atoms with Crippen molar-refractivity contribution in [3.05, 3.63) is 24.3 Å². The van der Waals surface area contributed by atoms with Gasteiger partial charge >= 0.3 is 6.36 Å². The zero-order valence-electron chi connectivity index (χ0n) is 9.21. The van der Waals surface area contributed by atoms with E-state index in [2.05, 4.69) is 36.6 Å². The minimum absolute atomic E-state index is 0.106. The average Bonchev–Trinajstić information content (AvgIpc) is 2.26. The number of hydrogen-bond acceptors (Lipinski definition) is 2. The summed E-state index contributed by atoms with van der Waals surface area (Å²) in [5.41, 5.74) is 0. The highest BCUT2D eigenvalue weighted by atomic mass is 79.9. The first-order chi connectivity index (χ1) is 8.44. The summed E-state index contributed by atoms with van der Waals surface area (Å²) in [4.78, 5) is 0. The molecule has 0 N–H and O–H groups in total. The third kappa shape index (κ3) is 5.95. The Kier molecular flexibility index (Phi) is 6.28. The molecular formula is C11H11Br2F3O2. The fourth-order valence-electron chi connectivity index (χ4n) is 1.23. The minimum atomic E-state index is -4.69. The maximum atomic E-state index is 12.0. The SMILES string of the molecule is FC(F)(F)Oc1cccc(O[C@@H](CBr)CCBr)c1. The van der Waals surface area contributed by atoms with Gasteiger partial charge in [0.15, 0.2) is 0 Å². The molecule has 1 atom stereocenters. The second kappa shape index (κ2) is 7.23. The summed E-state index contributed by atoms with van der Waals surface area (Å²) in [6.07, 6.45) is -4.05. The molecule has 0 saturated carbocycles. The van der Waals surface area contributed by atoms with Gasteiger partial charge in [0.1, 0.15) is 17.6 Å². The lowest BCUT2D eigenvalue weighted by molar-refractivity contribution is -0.274. The summed E-state index contributed by atoms with van der Waals surface area (Å²) in [6.45, 7) is 0. The standard InChI is InChI=1S/C11H11Br2F3O2/c12-5-4-10(7-13)17-8-2-1-3-9(6-8)18-11(14,15)16/h1-3,6,10H,4-5,7H2/t10-/m1/s1. The Morgan fingerprint density at radius 1 is 1.17 bits per heavy atom. The van der Waals surface area contributed by atoms with E-state index >= 15 is 0 Å². The van der Waals surface area contributed by atoms with Crippen molar-refractivity contribution >= 4 is 31.9 Å². The predicted octanol–water partition coefficient (Wildman–Crippen LogP) is 4.51. The van der Waals surface area contributed by atoms with E-state index in [1.807, 2.05) is 0 Å². The highest BCUT2D eigenvalue weighted by molar-refractivity contribution is 9.09. The van der Waals surface area contributed by atoms with Gasteiger partial charge in [-0.2, -0.15) is 0 Å². The van der Waals surface area contributed by atoms with E-state index in [-0.39, 0.29) is 11.9 Å². The lowest BCUT2D eigenvalue weighted by Crippen LogP contribution is -2.19. The molecule has 0 bridgehead atoms. The van der Waals surface area contributed by atoms with Crippen LogP contribution >= 0.6 is 31.9 Å². The lowest BCUT2D eigenvalue weighted by Gasteiger charge is -2.16. The van der Waals surface area contributed by atoms with Crippen LogP contribution in [0.2, 0.25) is 0 Å². The molecule has 102 valence electrons. The topological polar surface area (TPSA) is 18.5 Å². The lowest BCUT2D eigenvalue weighted by atomic mass is 10.3. The summed E-state index contributed by atoms with van der Waals surface area (Å²) < 4.78 is 45.5. The minimum Gasteiger partial charge on any atom is -0.489 e. The molecule has 1 aromatic rings. The summed E-state index contributed by atoms with van der Waals surface area (Å²) in [7, 11) is 0. The molecule has 0 aromatic heterocycles. The number of rotatable bonds is 6. The molecule has 0 amide bonds. The molecule has 0 unspecified atom stereocenters. The summed E-state index contributed by atoms with van der Waals surface area (Å²) in [6, 6.07) is 5.49. The van der Waals surface area contributed by atoms with Crippen LogP contribution in [0.1, 0.15) is 6.42 Å². The zero-order valence-corrected chi connectivity index (χ0v) is 12.4. The highest BCUT2D eigenvalue weighted by Gasteiger charge is 2.31. The van der Waals surface area contributed by atoms with Crippen molar-refractivity contribution in [2.75, 3.05) is 10.7 Å². The normalized spacial score (nSPS) is 13.2. The van der Waals surface area contributed by atoms with Crippen LogP contribution in [0.5, 0.6) is 11.5 Å². The van der Waals surface area contributed by atoms with Crippen LogP contribution in [0.3, 0.4) is 0 Å².